The summed E-state index contributed by atoms with van der Waals surface area (Å²) in [6.07, 6.45) is 0. The molecule has 0 radical (unpaired) electrons. The van der Waals surface area contributed by atoms with Crippen molar-refractivity contribution in [2.24, 2.45) is 4.99 Å². The third-order valence-corrected chi connectivity index (χ3v) is 8.38. The summed E-state index contributed by atoms with van der Waals surface area (Å²) in [7, 11) is -3.96. The van der Waals surface area contributed by atoms with Gasteiger partial charge in [0.15, 0.2) is 0 Å². The predicted molar refractivity (Wildman–Crippen MR) is 162 cm³/mol. The molecule has 10 heteroatoms. The van der Waals surface area contributed by atoms with E-state index in [1.54, 1.807) is 32.9 Å². The van der Waals surface area contributed by atoms with Gasteiger partial charge in [-0.15, -0.1) is 0 Å². The van der Waals surface area contributed by atoms with Gasteiger partial charge >= 0.3 is 0 Å². The van der Waals surface area contributed by atoms with E-state index < -0.39 is 21.1 Å². The molecule has 0 spiro atoms. The number of amidine groups is 1. The topological polar surface area (TPSA) is 79.8 Å². The van der Waals surface area contributed by atoms with E-state index in [-0.39, 0.29) is 9.92 Å². The molecular formula is C29H34Cl3N3O3S. The van der Waals surface area contributed by atoms with Crippen molar-refractivity contribution >= 4 is 50.7 Å². The molecule has 210 valence electrons. The normalized spacial score (nSPS) is 12.9. The third-order valence-electron chi connectivity index (χ3n) is 5.65. The van der Waals surface area contributed by atoms with Crippen molar-refractivity contribution in [2.45, 2.75) is 64.1 Å². The summed E-state index contributed by atoms with van der Waals surface area (Å²) in [5, 5.41) is 4.82. The second-order valence-electron chi connectivity index (χ2n) is 10.6. The zero-order valence-electron chi connectivity index (χ0n) is 22.9. The lowest BCUT2D eigenvalue weighted by Gasteiger charge is -2.30. The number of hydrogen-bond acceptors (Lipinski definition) is 4. The molecule has 0 aromatic heterocycles. The second-order valence-corrected chi connectivity index (χ2v) is 13.5. The maximum Gasteiger partial charge on any atom is 0.242 e. The monoisotopic (exact) mass is 609 g/mol. The van der Waals surface area contributed by atoms with Crippen LogP contribution in [0, 0.1) is 0 Å². The lowest BCUT2D eigenvalue weighted by molar-refractivity contribution is 0.339. The van der Waals surface area contributed by atoms with E-state index in [1.807, 2.05) is 57.2 Å². The number of hydrogen-bond donors (Lipinski definition) is 2. The smallest absolute Gasteiger partial charge is 0.242 e. The average molecular weight is 611 g/mol. The molecule has 6 nitrogen and oxygen atoms in total. The van der Waals surface area contributed by atoms with Gasteiger partial charge in [-0.25, -0.2) is 13.1 Å². The van der Waals surface area contributed by atoms with Gasteiger partial charge in [-0.3, -0.25) is 4.99 Å². The Kier molecular flexibility index (Phi) is 10.00. The summed E-state index contributed by atoms with van der Waals surface area (Å²) in [6, 6.07) is 17.9. The Morgan fingerprint density at radius 1 is 0.897 bits per heavy atom. The fourth-order valence-electron chi connectivity index (χ4n) is 3.85. The highest BCUT2D eigenvalue weighted by molar-refractivity contribution is 7.89. The average Bonchev–Trinajstić information content (AvgIpc) is 2.82. The Labute approximate surface area is 246 Å². The molecule has 0 fully saturated rings. The van der Waals surface area contributed by atoms with E-state index in [4.69, 9.17) is 44.5 Å². The van der Waals surface area contributed by atoms with E-state index in [2.05, 4.69) is 10.0 Å². The summed E-state index contributed by atoms with van der Waals surface area (Å²) in [4.78, 5) is 4.82. The van der Waals surface area contributed by atoms with Crippen molar-refractivity contribution in [3.63, 3.8) is 0 Å². The first-order chi connectivity index (χ1) is 18.1. The van der Waals surface area contributed by atoms with E-state index in [9.17, 15) is 8.42 Å². The van der Waals surface area contributed by atoms with Gasteiger partial charge in [0.1, 0.15) is 16.5 Å². The Balaban J connectivity index is 2.19. The standard InChI is InChI=1S/C29H34Cl3N3O3S/c1-7-38-25-17-24(32)26(39(36,37)35-28(2,3)4)16-23(25)27(33-18-19-8-12-21(30)13-9-19)34-29(5,6)20-10-14-22(31)15-11-20/h8-17,35H,7,18H2,1-6H3,(H,33,34). The van der Waals surface area contributed by atoms with Crippen LogP contribution in [0.25, 0.3) is 0 Å². The van der Waals surface area contributed by atoms with Gasteiger partial charge in [0, 0.05) is 21.7 Å². The summed E-state index contributed by atoms with van der Waals surface area (Å²) in [5.74, 6) is 0.851. The zero-order chi connectivity index (χ0) is 29.0. The van der Waals surface area contributed by atoms with Crippen molar-refractivity contribution in [3.8, 4) is 5.75 Å². The zero-order valence-corrected chi connectivity index (χ0v) is 26.0. The van der Waals surface area contributed by atoms with Crippen LogP contribution in [0.1, 0.15) is 58.2 Å². The number of benzene rings is 3. The highest BCUT2D eigenvalue weighted by Gasteiger charge is 2.29. The number of rotatable bonds is 9. The molecule has 0 aliphatic carbocycles. The molecule has 3 rings (SSSR count). The molecule has 0 aliphatic rings. The largest absolute Gasteiger partial charge is 0.493 e. The first-order valence-electron chi connectivity index (χ1n) is 12.4. The number of halogens is 3. The quantitative estimate of drug-likeness (QED) is 0.193. The fourth-order valence-corrected chi connectivity index (χ4v) is 6.06. The van der Waals surface area contributed by atoms with Crippen LogP contribution >= 0.6 is 34.8 Å². The van der Waals surface area contributed by atoms with E-state index in [0.29, 0.717) is 40.3 Å². The first-order valence-corrected chi connectivity index (χ1v) is 15.1. The van der Waals surface area contributed by atoms with Crippen molar-refractivity contribution in [1.82, 2.24) is 10.0 Å². The van der Waals surface area contributed by atoms with Crippen LogP contribution in [0.4, 0.5) is 0 Å². The summed E-state index contributed by atoms with van der Waals surface area (Å²) in [5.41, 5.74) is 1.03. The summed E-state index contributed by atoms with van der Waals surface area (Å²) >= 11 is 18.7. The van der Waals surface area contributed by atoms with E-state index in [0.717, 1.165) is 11.1 Å². The highest BCUT2D eigenvalue weighted by Crippen LogP contribution is 2.33. The molecule has 3 aromatic rings. The van der Waals surface area contributed by atoms with E-state index >= 15 is 0 Å². The molecule has 0 heterocycles. The molecule has 3 aromatic carbocycles. The minimum atomic E-state index is -3.96. The van der Waals surface area contributed by atoms with Crippen molar-refractivity contribution in [1.29, 1.82) is 0 Å². The Bertz CT molecular complexity index is 1430. The maximum absolute atomic E-state index is 13.3. The fraction of sp³-hybridized carbons (Fsp3) is 0.345. The van der Waals surface area contributed by atoms with Crippen molar-refractivity contribution in [2.75, 3.05) is 6.61 Å². The van der Waals surface area contributed by atoms with E-state index in [1.165, 1.54) is 12.1 Å². The maximum atomic E-state index is 13.3. The van der Waals surface area contributed by atoms with Gasteiger partial charge in [-0.1, -0.05) is 59.1 Å². The number of nitrogens with one attached hydrogen (secondary N) is 2. The Hall–Kier alpha value is -2.29. The number of nitrogens with zero attached hydrogens (tertiary/aromatic N) is 1. The summed E-state index contributed by atoms with van der Waals surface area (Å²) < 4.78 is 35.3. The van der Waals surface area contributed by atoms with Gasteiger partial charge in [0.2, 0.25) is 10.0 Å². The molecule has 0 amide bonds. The Morgan fingerprint density at radius 3 is 2.00 bits per heavy atom. The SMILES string of the molecule is CCOc1cc(Cl)c(S(=O)(=O)NC(C)(C)C)cc1C(=NCc1ccc(Cl)cc1)NC(C)(C)c1ccc(Cl)cc1. The second kappa shape index (κ2) is 12.5. The first kappa shape index (κ1) is 31.2. The van der Waals surface area contributed by atoms with Crippen molar-refractivity contribution < 1.29 is 13.2 Å². The van der Waals surface area contributed by atoms with Gasteiger partial charge in [0.25, 0.3) is 0 Å². The van der Waals surface area contributed by atoms with Crippen LogP contribution in [-0.2, 0) is 22.1 Å². The number of ether oxygens (including phenoxy) is 1. The van der Waals surface area contributed by atoms with Crippen LogP contribution in [0.2, 0.25) is 15.1 Å². The predicted octanol–water partition coefficient (Wildman–Crippen LogP) is 7.59. The van der Waals surface area contributed by atoms with Crippen LogP contribution in [0.3, 0.4) is 0 Å². The molecule has 0 saturated heterocycles. The van der Waals surface area contributed by atoms with Crippen LogP contribution in [0.15, 0.2) is 70.6 Å². The van der Waals surface area contributed by atoms with Crippen molar-refractivity contribution in [3.05, 3.63) is 92.4 Å². The number of aliphatic imine (C=N–C) groups is 1. The number of sulfonamides is 1. The van der Waals surface area contributed by atoms with Gasteiger partial charge < -0.3 is 10.1 Å². The molecule has 0 saturated carbocycles. The molecular weight excluding hydrogens is 577 g/mol. The highest BCUT2D eigenvalue weighted by atomic mass is 35.5. The minimum absolute atomic E-state index is 0.0490. The minimum Gasteiger partial charge on any atom is -0.493 e. The third kappa shape index (κ3) is 8.60. The molecule has 0 bridgehead atoms. The Morgan fingerprint density at radius 2 is 1.46 bits per heavy atom. The van der Waals surface area contributed by atoms with Crippen LogP contribution < -0.4 is 14.8 Å². The molecule has 0 aliphatic heterocycles. The lowest BCUT2D eigenvalue weighted by atomic mass is 9.93. The van der Waals surface area contributed by atoms with Crippen LogP contribution in [-0.4, -0.2) is 26.4 Å². The molecule has 0 atom stereocenters. The molecule has 2 N–H and O–H groups in total. The summed E-state index contributed by atoms with van der Waals surface area (Å²) in [6.45, 7) is 11.8. The molecule has 39 heavy (non-hydrogen) atoms. The molecule has 0 unspecified atom stereocenters. The lowest BCUT2D eigenvalue weighted by Crippen LogP contribution is -2.42. The van der Waals surface area contributed by atoms with Gasteiger partial charge in [-0.05, 0) is 83.0 Å². The van der Waals surface area contributed by atoms with Gasteiger partial charge in [0.05, 0.1) is 29.3 Å². The van der Waals surface area contributed by atoms with Gasteiger partial charge in [-0.2, -0.15) is 0 Å². The van der Waals surface area contributed by atoms with Crippen LogP contribution in [0.5, 0.6) is 5.75 Å².